The van der Waals surface area contributed by atoms with Gasteiger partial charge in [0, 0.05) is 11.0 Å². The molecule has 0 amide bonds. The monoisotopic (exact) mass is 1070 g/mol. The second-order valence-corrected chi connectivity index (χ2v) is 19.4. The molecule has 0 atom stereocenters. The highest BCUT2D eigenvalue weighted by Gasteiger charge is 2.52. The molecule has 0 aliphatic rings. The molecule has 0 aliphatic carbocycles. The third-order valence-corrected chi connectivity index (χ3v) is 15.5. The van der Waals surface area contributed by atoms with Gasteiger partial charge in [-0.05, 0) is 49.4 Å². The van der Waals surface area contributed by atoms with E-state index in [2.05, 4.69) is 104 Å². The lowest BCUT2D eigenvalue weighted by molar-refractivity contribution is 0.378. The molecule has 1 heterocycles. The lowest BCUT2D eigenvalue weighted by Crippen LogP contribution is -2.81. The van der Waals surface area contributed by atoms with Crippen LogP contribution in [0.25, 0.3) is 0 Å². The van der Waals surface area contributed by atoms with Gasteiger partial charge in [0.1, 0.15) is 63.6 Å². The third-order valence-electron chi connectivity index (χ3n) is 10.7. The third kappa shape index (κ3) is 8.91. The van der Waals surface area contributed by atoms with Crippen LogP contribution in [0.3, 0.4) is 0 Å². The van der Waals surface area contributed by atoms with Crippen molar-refractivity contribution in [2.45, 2.75) is 30.0 Å². The Bertz CT molecular complexity index is 2930. The number of rotatable bonds is 9. The molecule has 0 saturated carbocycles. The Morgan fingerprint density at radius 2 is 0.592 bits per heavy atom. The second kappa shape index (κ2) is 20.4. The molecule has 8 aromatic rings. The smallest absolute Gasteiger partial charge is 0.207 e. The van der Waals surface area contributed by atoms with Gasteiger partial charge >= 0.3 is 0 Å². The van der Waals surface area contributed by atoms with E-state index in [9.17, 15) is 52.7 Å². The Hall–Kier alpha value is -6.40. The molecular weight excluding hydrogens is 1050 g/mol. The summed E-state index contributed by atoms with van der Waals surface area (Å²) in [6, 6.07) is 35.0. The number of halogens is 20. The summed E-state index contributed by atoms with van der Waals surface area (Å²) in [6.07, 6.45) is -7.22. The highest BCUT2D eigenvalue weighted by molar-refractivity contribution is 8.02. The molecule has 7 aromatic carbocycles. The fourth-order valence-corrected chi connectivity index (χ4v) is 12.5. The zero-order chi connectivity index (χ0) is 52.1. The van der Waals surface area contributed by atoms with E-state index in [1.165, 1.54) is 28.7 Å². The van der Waals surface area contributed by atoms with Crippen LogP contribution in [0.4, 0.5) is 87.8 Å². The lowest BCUT2D eigenvalue weighted by atomic mass is 9.12. The summed E-state index contributed by atoms with van der Waals surface area (Å²) in [7, 11) is -0.0503. The van der Waals surface area contributed by atoms with Gasteiger partial charge in [-0.1, -0.05) is 77.2 Å². The number of aryl methyl sites for hydroxylation is 1. The van der Waals surface area contributed by atoms with Crippen molar-refractivity contribution in [1.29, 1.82) is 0 Å². The molecule has 0 fully saturated rings. The highest BCUT2D eigenvalue weighted by atomic mass is 32.2. The predicted octanol–water partition coefficient (Wildman–Crippen LogP) is 13.1. The zero-order valence-electron chi connectivity index (χ0n) is 34.6. The average Bonchev–Trinajstić information content (AvgIpc) is 3.82. The van der Waals surface area contributed by atoms with Gasteiger partial charge in [0.05, 0.1) is 4.21 Å². The summed E-state index contributed by atoms with van der Waals surface area (Å²) in [5.41, 5.74) is -13.0. The molecule has 0 bridgehead atoms. The molecular formula is C47H19BF20S3. The maximum Gasteiger partial charge on any atom is 0.221 e. The van der Waals surface area contributed by atoms with Crippen LogP contribution in [0.15, 0.2) is 120 Å². The summed E-state index contributed by atoms with van der Waals surface area (Å²) in [5, 5.41) is 0. The van der Waals surface area contributed by atoms with E-state index in [0.29, 0.717) is 0 Å². The fourth-order valence-electron chi connectivity index (χ4n) is 7.55. The molecule has 0 saturated heterocycles. The van der Waals surface area contributed by atoms with Crippen molar-refractivity contribution in [3.05, 3.63) is 219 Å². The normalized spacial score (nSPS) is 11.6. The maximum atomic E-state index is 15.4. The number of benzene rings is 7. The average molecular weight is 1070 g/mol. The van der Waals surface area contributed by atoms with E-state index >= 15 is 35.1 Å². The van der Waals surface area contributed by atoms with Crippen LogP contribution < -0.4 is 21.9 Å². The molecule has 0 spiro atoms. The van der Waals surface area contributed by atoms with Crippen molar-refractivity contribution >= 4 is 62.0 Å². The van der Waals surface area contributed by atoms with Crippen LogP contribution in [0, 0.1) is 123 Å². The second-order valence-electron chi connectivity index (χ2n) is 14.7. The molecule has 0 aliphatic heterocycles. The summed E-state index contributed by atoms with van der Waals surface area (Å²) >= 11 is 3.75. The SMILES string of the molecule is Cc1ccc(Sc2ccc([S+](c3ccccc3)c3ccccc3)s2)cc1.Fc1c(F)c(F)c([B-](c2c(F)c(F)c(F)c(F)c2F)(c2c(F)c(F)c(F)c(F)c2F)c2c(F)c(F)c(F)c(F)c2F)c(F)c1F. The van der Waals surface area contributed by atoms with Crippen LogP contribution in [0.5, 0.6) is 0 Å². The van der Waals surface area contributed by atoms with Crippen LogP contribution in [0.1, 0.15) is 5.56 Å². The van der Waals surface area contributed by atoms with Crippen LogP contribution in [-0.4, -0.2) is 6.15 Å². The van der Waals surface area contributed by atoms with E-state index in [-0.39, 0.29) is 10.9 Å². The largest absolute Gasteiger partial charge is 0.221 e. The molecule has 0 N–H and O–H groups in total. The minimum atomic E-state index is -7.22. The van der Waals surface area contributed by atoms with E-state index < -0.39 is 144 Å². The van der Waals surface area contributed by atoms with Crippen molar-refractivity contribution in [2.75, 3.05) is 0 Å². The van der Waals surface area contributed by atoms with E-state index in [1.54, 1.807) is 0 Å². The van der Waals surface area contributed by atoms with Crippen molar-refractivity contribution < 1.29 is 87.8 Å². The topological polar surface area (TPSA) is 0 Å². The lowest BCUT2D eigenvalue weighted by Gasteiger charge is -2.44. The standard InChI is InChI=1S/C24BF20.C23H19S3/c26-5-1(6(27)14(35)21(42)13(5)34)25(2-7(28)15(36)22(43)16(37)8(2)29,3-9(30)17(38)23(44)18(39)10(3)31)4-11(32)19(40)24(45)20(41)12(4)33;1-18-12-14-19(15-13-18)24-22-16-17-23(25-22)26(20-8-4-2-5-9-20)21-10-6-3-7-11-21/h;2-17H,1H3/q-1;+1. The van der Waals surface area contributed by atoms with E-state index in [1.807, 2.05) is 23.1 Å². The summed E-state index contributed by atoms with van der Waals surface area (Å²) < 4.78 is 297. The first-order valence-electron chi connectivity index (χ1n) is 19.4. The minimum absolute atomic E-state index is 0.0503. The Kier molecular flexibility index (Phi) is 15.0. The van der Waals surface area contributed by atoms with Crippen LogP contribution >= 0.6 is 23.1 Å². The predicted molar refractivity (Wildman–Crippen MR) is 224 cm³/mol. The minimum Gasteiger partial charge on any atom is -0.207 e. The van der Waals surface area contributed by atoms with Gasteiger partial charge in [-0.2, -0.15) is 0 Å². The van der Waals surface area contributed by atoms with Gasteiger partial charge in [0.15, 0.2) is 79.6 Å². The van der Waals surface area contributed by atoms with Gasteiger partial charge in [0.25, 0.3) is 0 Å². The summed E-state index contributed by atoms with van der Waals surface area (Å²) in [6.45, 7) is 2.13. The first-order chi connectivity index (χ1) is 33.5. The van der Waals surface area contributed by atoms with Gasteiger partial charge in [0.2, 0.25) is 4.21 Å². The molecule has 1 aromatic heterocycles. The molecule has 0 radical (unpaired) electrons. The molecule has 0 unspecified atom stereocenters. The molecule has 0 nitrogen and oxygen atoms in total. The summed E-state index contributed by atoms with van der Waals surface area (Å²) in [4.78, 5) is 4.03. The number of hydrogen-bond donors (Lipinski definition) is 0. The van der Waals surface area contributed by atoms with Gasteiger partial charge in [-0.15, -0.1) is 21.9 Å². The summed E-state index contributed by atoms with van der Waals surface area (Å²) in [5.74, 6) is -71.4. The Morgan fingerprint density at radius 3 is 0.873 bits per heavy atom. The van der Waals surface area contributed by atoms with E-state index in [0.717, 1.165) is 0 Å². The first-order valence-corrected chi connectivity index (χ1v) is 22.3. The van der Waals surface area contributed by atoms with Crippen LogP contribution in [-0.2, 0) is 10.9 Å². The first kappa shape index (κ1) is 52.4. The van der Waals surface area contributed by atoms with Gasteiger partial charge in [-0.25, -0.2) is 87.8 Å². The number of thiophene rings is 1. The van der Waals surface area contributed by atoms with Crippen LogP contribution in [0.2, 0.25) is 0 Å². The molecule has 8 rings (SSSR count). The Balaban J connectivity index is 0.000000240. The van der Waals surface area contributed by atoms with Crippen molar-refractivity contribution in [3.8, 4) is 0 Å². The van der Waals surface area contributed by atoms with E-state index in [4.69, 9.17) is 0 Å². The zero-order valence-corrected chi connectivity index (χ0v) is 37.0. The van der Waals surface area contributed by atoms with Gasteiger partial charge in [-0.3, -0.25) is 0 Å². The van der Waals surface area contributed by atoms with Crippen molar-refractivity contribution in [3.63, 3.8) is 0 Å². The molecule has 368 valence electrons. The fraction of sp³-hybridized carbons (Fsp3) is 0.0213. The highest BCUT2D eigenvalue weighted by Crippen LogP contribution is 2.41. The van der Waals surface area contributed by atoms with Crippen molar-refractivity contribution in [1.82, 2.24) is 0 Å². The van der Waals surface area contributed by atoms with Gasteiger partial charge < -0.3 is 0 Å². The van der Waals surface area contributed by atoms with Crippen molar-refractivity contribution in [2.24, 2.45) is 0 Å². The number of hydrogen-bond acceptors (Lipinski definition) is 2. The quantitative estimate of drug-likeness (QED) is 0.0456. The molecule has 71 heavy (non-hydrogen) atoms. The molecule has 24 heteroatoms. The Morgan fingerprint density at radius 1 is 0.324 bits per heavy atom. The Labute approximate surface area is 397 Å². The maximum absolute atomic E-state index is 15.4.